The maximum Gasteiger partial charge on any atom is 0.265 e. The summed E-state index contributed by atoms with van der Waals surface area (Å²) in [5, 5.41) is 10.4. The van der Waals surface area contributed by atoms with E-state index in [0.29, 0.717) is 28.4 Å². The first kappa shape index (κ1) is 19.1. The number of carbonyl (C=O) groups is 3. The minimum atomic E-state index is -0.567. The smallest absolute Gasteiger partial charge is 0.265 e. The molecule has 3 aromatic rings. The highest BCUT2D eigenvalue weighted by atomic mass is 16.5. The largest absolute Gasteiger partial charge is 0.479 e. The number of ether oxygens (including phenoxy) is 1. The number of hydrogen-bond donors (Lipinski definition) is 3. The fraction of sp³-hybridized carbons (Fsp3) is 0.208. The summed E-state index contributed by atoms with van der Waals surface area (Å²) in [6.45, 7) is 1.67. The summed E-state index contributed by atoms with van der Waals surface area (Å²) < 4.78 is 5.56. The van der Waals surface area contributed by atoms with Gasteiger partial charge in [0.15, 0.2) is 6.10 Å². The molecule has 7 heteroatoms. The van der Waals surface area contributed by atoms with Crippen LogP contribution in [0.5, 0.6) is 5.75 Å². The molecule has 1 fully saturated rings. The van der Waals surface area contributed by atoms with Crippen molar-refractivity contribution in [2.24, 2.45) is 5.92 Å². The molecule has 0 spiro atoms. The second-order valence-electron chi connectivity index (χ2n) is 7.92. The number of benzene rings is 3. The van der Waals surface area contributed by atoms with Crippen LogP contribution >= 0.6 is 0 Å². The fourth-order valence-electron chi connectivity index (χ4n) is 3.60. The third-order valence-corrected chi connectivity index (χ3v) is 5.50. The number of rotatable bonds is 4. The van der Waals surface area contributed by atoms with Crippen LogP contribution in [0.2, 0.25) is 0 Å². The number of carbonyl (C=O) groups excluding carboxylic acids is 3. The van der Waals surface area contributed by atoms with Crippen molar-refractivity contribution >= 4 is 45.6 Å². The molecule has 3 N–H and O–H groups in total. The van der Waals surface area contributed by atoms with Crippen molar-refractivity contribution in [3.63, 3.8) is 0 Å². The van der Waals surface area contributed by atoms with E-state index in [-0.39, 0.29) is 23.6 Å². The molecule has 156 valence electrons. The summed E-state index contributed by atoms with van der Waals surface area (Å²) in [7, 11) is 0. The number of anilines is 3. The predicted octanol–water partition coefficient (Wildman–Crippen LogP) is 4.16. The number of amides is 3. The Morgan fingerprint density at radius 2 is 1.74 bits per heavy atom. The predicted molar refractivity (Wildman–Crippen MR) is 118 cm³/mol. The Labute approximate surface area is 178 Å². The van der Waals surface area contributed by atoms with Crippen LogP contribution < -0.4 is 20.7 Å². The van der Waals surface area contributed by atoms with E-state index in [1.165, 1.54) is 0 Å². The van der Waals surface area contributed by atoms with Gasteiger partial charge in [0.2, 0.25) is 5.91 Å². The zero-order valence-electron chi connectivity index (χ0n) is 16.9. The van der Waals surface area contributed by atoms with Crippen LogP contribution in [0.1, 0.15) is 30.1 Å². The summed E-state index contributed by atoms with van der Waals surface area (Å²) in [5.41, 5.74) is 1.87. The molecular formula is C24H21N3O4. The first-order valence-electron chi connectivity index (χ1n) is 10.2. The quantitative estimate of drug-likeness (QED) is 0.596. The SMILES string of the molecule is CC1Oc2ccc(NC(=O)c3cc4ccccc4cc3NC(=O)C3CC3)cc2NC1=O. The van der Waals surface area contributed by atoms with Crippen molar-refractivity contribution in [3.8, 4) is 5.75 Å². The van der Waals surface area contributed by atoms with E-state index < -0.39 is 6.10 Å². The molecular weight excluding hydrogens is 394 g/mol. The van der Waals surface area contributed by atoms with Gasteiger partial charge in [0.25, 0.3) is 11.8 Å². The van der Waals surface area contributed by atoms with Crippen LogP contribution in [0.15, 0.2) is 54.6 Å². The van der Waals surface area contributed by atoms with Crippen LogP contribution in [0.25, 0.3) is 10.8 Å². The molecule has 1 heterocycles. The number of fused-ring (bicyclic) bond motifs is 2. The average molecular weight is 415 g/mol. The average Bonchev–Trinajstić information content (AvgIpc) is 3.60. The van der Waals surface area contributed by atoms with Gasteiger partial charge >= 0.3 is 0 Å². The lowest BCUT2D eigenvalue weighted by Gasteiger charge is -2.23. The minimum Gasteiger partial charge on any atom is -0.479 e. The van der Waals surface area contributed by atoms with E-state index in [9.17, 15) is 14.4 Å². The molecule has 7 nitrogen and oxygen atoms in total. The van der Waals surface area contributed by atoms with E-state index in [0.717, 1.165) is 23.6 Å². The molecule has 1 atom stereocenters. The Morgan fingerprint density at radius 1 is 1.00 bits per heavy atom. The van der Waals surface area contributed by atoms with Gasteiger partial charge in [-0.25, -0.2) is 0 Å². The summed E-state index contributed by atoms with van der Waals surface area (Å²) in [6, 6.07) is 16.4. The zero-order chi connectivity index (χ0) is 21.5. The van der Waals surface area contributed by atoms with E-state index >= 15 is 0 Å². The number of nitrogens with one attached hydrogen (secondary N) is 3. The van der Waals surface area contributed by atoms with Crippen LogP contribution in [0, 0.1) is 5.92 Å². The van der Waals surface area contributed by atoms with Gasteiger partial charge in [-0.3, -0.25) is 14.4 Å². The Bertz CT molecular complexity index is 1230. The van der Waals surface area contributed by atoms with E-state index in [2.05, 4.69) is 16.0 Å². The summed E-state index contributed by atoms with van der Waals surface area (Å²) in [6.07, 6.45) is 1.19. The van der Waals surface area contributed by atoms with E-state index in [1.54, 1.807) is 31.2 Å². The molecule has 3 aromatic carbocycles. The molecule has 0 aromatic heterocycles. The molecule has 1 aliphatic heterocycles. The van der Waals surface area contributed by atoms with Gasteiger partial charge in [-0.15, -0.1) is 0 Å². The molecule has 2 aliphatic rings. The normalized spacial score (nSPS) is 17.3. The zero-order valence-corrected chi connectivity index (χ0v) is 16.9. The highest BCUT2D eigenvalue weighted by Gasteiger charge is 2.30. The van der Waals surface area contributed by atoms with Gasteiger partial charge in [0.05, 0.1) is 16.9 Å². The first-order valence-corrected chi connectivity index (χ1v) is 10.2. The Hall–Kier alpha value is -3.87. The molecule has 1 aliphatic carbocycles. The van der Waals surface area contributed by atoms with Gasteiger partial charge in [0, 0.05) is 11.6 Å². The Balaban J connectivity index is 1.45. The first-order chi connectivity index (χ1) is 15.0. The van der Waals surface area contributed by atoms with E-state index in [4.69, 9.17) is 4.74 Å². The summed E-state index contributed by atoms with van der Waals surface area (Å²) >= 11 is 0. The van der Waals surface area contributed by atoms with Crippen LogP contribution in [-0.4, -0.2) is 23.8 Å². The molecule has 0 bridgehead atoms. The molecule has 31 heavy (non-hydrogen) atoms. The van der Waals surface area contributed by atoms with Crippen molar-refractivity contribution in [2.45, 2.75) is 25.9 Å². The molecule has 0 radical (unpaired) electrons. The van der Waals surface area contributed by atoms with Gasteiger partial charge in [-0.2, -0.15) is 0 Å². The highest BCUT2D eigenvalue weighted by Crippen LogP contribution is 2.34. The van der Waals surface area contributed by atoms with Crippen LogP contribution in [0.3, 0.4) is 0 Å². The van der Waals surface area contributed by atoms with E-state index in [1.807, 2.05) is 30.3 Å². The van der Waals surface area contributed by atoms with Crippen molar-refractivity contribution in [2.75, 3.05) is 16.0 Å². The van der Waals surface area contributed by atoms with Crippen molar-refractivity contribution in [1.29, 1.82) is 0 Å². The maximum atomic E-state index is 13.1. The molecule has 1 unspecified atom stereocenters. The summed E-state index contributed by atoms with van der Waals surface area (Å²) in [4.78, 5) is 37.4. The van der Waals surface area contributed by atoms with Gasteiger partial charge in [0.1, 0.15) is 5.75 Å². The Morgan fingerprint density at radius 3 is 2.48 bits per heavy atom. The highest BCUT2D eigenvalue weighted by molar-refractivity contribution is 6.13. The molecule has 0 saturated heterocycles. The third kappa shape index (κ3) is 3.82. The van der Waals surface area contributed by atoms with Gasteiger partial charge < -0.3 is 20.7 Å². The fourth-order valence-corrected chi connectivity index (χ4v) is 3.60. The lowest BCUT2D eigenvalue weighted by Crippen LogP contribution is -2.34. The van der Waals surface area contributed by atoms with Gasteiger partial charge in [-0.05, 0) is 60.9 Å². The lowest BCUT2D eigenvalue weighted by atomic mass is 10.0. The standard InChI is InChI=1S/C24H21N3O4/c1-13-22(28)27-20-12-17(8-9-21(20)31-13)25-24(30)18-10-15-4-2-3-5-16(15)11-19(18)26-23(29)14-6-7-14/h2-5,8-14H,6-7H2,1H3,(H,25,30)(H,26,29)(H,27,28). The molecule has 5 rings (SSSR count). The van der Waals surface area contributed by atoms with Crippen molar-refractivity contribution in [1.82, 2.24) is 0 Å². The van der Waals surface area contributed by atoms with Crippen LogP contribution in [-0.2, 0) is 9.59 Å². The van der Waals surface area contributed by atoms with Gasteiger partial charge in [-0.1, -0.05) is 24.3 Å². The molecule has 1 saturated carbocycles. The second kappa shape index (κ2) is 7.43. The molecule has 3 amide bonds. The maximum absolute atomic E-state index is 13.1. The lowest BCUT2D eigenvalue weighted by molar-refractivity contribution is -0.122. The Kier molecular flexibility index (Phi) is 4.58. The monoisotopic (exact) mass is 415 g/mol. The minimum absolute atomic E-state index is 0.0223. The summed E-state index contributed by atoms with van der Waals surface area (Å²) in [5.74, 6) is -0.0851. The third-order valence-electron chi connectivity index (χ3n) is 5.50. The van der Waals surface area contributed by atoms with Crippen molar-refractivity contribution in [3.05, 3.63) is 60.2 Å². The second-order valence-corrected chi connectivity index (χ2v) is 7.92. The number of hydrogen-bond acceptors (Lipinski definition) is 4. The van der Waals surface area contributed by atoms with Crippen LogP contribution in [0.4, 0.5) is 17.1 Å². The topological polar surface area (TPSA) is 96.5 Å². The van der Waals surface area contributed by atoms with Crippen molar-refractivity contribution < 1.29 is 19.1 Å².